The SMILES string of the molecule is C#CCCCCCCC#C.CN1CCCC1c1cccnc1.O=C(O)/C=C/C(=O)O. The first kappa shape index (κ1) is 26.9. The van der Waals surface area contributed by atoms with Crippen molar-refractivity contribution >= 4 is 11.9 Å². The number of aliphatic carboxylic acids is 2. The van der Waals surface area contributed by atoms with Gasteiger partial charge in [-0.25, -0.2) is 9.59 Å². The highest BCUT2D eigenvalue weighted by molar-refractivity contribution is 5.89. The molecule has 2 heterocycles. The van der Waals surface area contributed by atoms with Crippen LogP contribution in [0.1, 0.15) is 63.0 Å². The summed E-state index contributed by atoms with van der Waals surface area (Å²) in [6.45, 7) is 1.22. The smallest absolute Gasteiger partial charge is 0.328 e. The van der Waals surface area contributed by atoms with Crippen molar-refractivity contribution in [1.29, 1.82) is 0 Å². The van der Waals surface area contributed by atoms with E-state index < -0.39 is 11.9 Å². The second-order valence-electron chi connectivity index (χ2n) is 6.76. The first-order valence-electron chi connectivity index (χ1n) is 10.0. The highest BCUT2D eigenvalue weighted by Gasteiger charge is 2.21. The summed E-state index contributed by atoms with van der Waals surface area (Å²) >= 11 is 0. The number of unbranched alkanes of at least 4 members (excludes halogenated alkanes) is 5. The van der Waals surface area contributed by atoms with Crippen LogP contribution in [0.15, 0.2) is 36.7 Å². The van der Waals surface area contributed by atoms with Gasteiger partial charge in [0.25, 0.3) is 0 Å². The molecule has 1 aliphatic rings. The summed E-state index contributed by atoms with van der Waals surface area (Å²) in [5.41, 5.74) is 1.36. The predicted octanol–water partition coefficient (Wildman–Crippen LogP) is 4.15. The molecule has 1 aromatic rings. The van der Waals surface area contributed by atoms with Gasteiger partial charge in [-0.05, 0) is 50.9 Å². The monoisotopic (exact) mass is 412 g/mol. The van der Waals surface area contributed by atoms with Crippen molar-refractivity contribution in [3.8, 4) is 24.7 Å². The molecule has 0 spiro atoms. The van der Waals surface area contributed by atoms with Crippen molar-refractivity contribution in [1.82, 2.24) is 9.88 Å². The van der Waals surface area contributed by atoms with Crippen molar-refractivity contribution in [2.75, 3.05) is 13.6 Å². The molecule has 2 N–H and O–H groups in total. The van der Waals surface area contributed by atoms with Gasteiger partial charge in [0.15, 0.2) is 0 Å². The molecule has 0 radical (unpaired) electrons. The van der Waals surface area contributed by atoms with Crippen molar-refractivity contribution in [2.24, 2.45) is 0 Å². The van der Waals surface area contributed by atoms with E-state index in [9.17, 15) is 9.59 Å². The fourth-order valence-corrected chi connectivity index (χ4v) is 2.85. The molecular weight excluding hydrogens is 380 g/mol. The van der Waals surface area contributed by atoms with E-state index in [0.717, 1.165) is 25.7 Å². The molecule has 0 aromatic carbocycles. The van der Waals surface area contributed by atoms with E-state index in [2.05, 4.69) is 34.8 Å². The van der Waals surface area contributed by atoms with Crippen LogP contribution < -0.4 is 0 Å². The number of aromatic nitrogens is 1. The average Bonchev–Trinajstić information content (AvgIpc) is 3.17. The predicted molar refractivity (Wildman–Crippen MR) is 119 cm³/mol. The summed E-state index contributed by atoms with van der Waals surface area (Å²) in [5.74, 6) is 2.72. The number of rotatable bonds is 8. The molecule has 6 nitrogen and oxygen atoms in total. The maximum absolute atomic E-state index is 9.55. The van der Waals surface area contributed by atoms with Gasteiger partial charge in [-0.1, -0.05) is 18.9 Å². The minimum atomic E-state index is -1.26. The third kappa shape index (κ3) is 14.9. The van der Waals surface area contributed by atoms with Gasteiger partial charge in [-0.2, -0.15) is 0 Å². The van der Waals surface area contributed by atoms with Gasteiger partial charge in [-0.15, -0.1) is 24.7 Å². The summed E-state index contributed by atoms with van der Waals surface area (Å²) in [5, 5.41) is 15.6. The number of pyridine rings is 1. The Labute approximate surface area is 180 Å². The van der Waals surface area contributed by atoms with Crippen LogP contribution in [-0.4, -0.2) is 45.6 Å². The maximum atomic E-state index is 9.55. The lowest BCUT2D eigenvalue weighted by Gasteiger charge is -2.18. The zero-order chi connectivity index (χ0) is 22.6. The summed E-state index contributed by atoms with van der Waals surface area (Å²) < 4.78 is 0. The Hall–Kier alpha value is -3.09. The number of nitrogens with zero attached hydrogens (tertiary/aromatic N) is 2. The molecule has 0 saturated carbocycles. The second-order valence-corrected chi connectivity index (χ2v) is 6.76. The van der Waals surface area contributed by atoms with Crippen LogP contribution in [0, 0.1) is 24.7 Å². The molecule has 1 unspecified atom stereocenters. The Bertz CT molecular complexity index is 683. The number of terminal acetylenes is 2. The molecule has 162 valence electrons. The van der Waals surface area contributed by atoms with Crippen LogP contribution in [0.4, 0.5) is 0 Å². The normalized spacial score (nSPS) is 15.1. The lowest BCUT2D eigenvalue weighted by Crippen LogP contribution is -2.17. The van der Waals surface area contributed by atoms with Crippen LogP contribution >= 0.6 is 0 Å². The molecule has 1 saturated heterocycles. The number of carbonyl (C=O) groups is 2. The number of hydrogen-bond acceptors (Lipinski definition) is 4. The highest BCUT2D eigenvalue weighted by atomic mass is 16.4. The van der Waals surface area contributed by atoms with Crippen LogP contribution in [0.3, 0.4) is 0 Å². The third-order valence-corrected chi connectivity index (χ3v) is 4.35. The Kier molecular flexibility index (Phi) is 16.1. The number of carboxylic acid groups (broad SMARTS) is 2. The Balaban J connectivity index is 0.000000432. The molecule has 1 aromatic heterocycles. The summed E-state index contributed by atoms with van der Waals surface area (Å²) in [4.78, 5) is 25.6. The van der Waals surface area contributed by atoms with Crippen LogP contribution in [0.5, 0.6) is 0 Å². The Morgan fingerprint density at radius 2 is 1.70 bits per heavy atom. The summed E-state index contributed by atoms with van der Waals surface area (Å²) in [7, 11) is 2.19. The van der Waals surface area contributed by atoms with Gasteiger partial charge < -0.3 is 10.2 Å². The summed E-state index contributed by atoms with van der Waals surface area (Å²) in [6.07, 6.45) is 24.3. The molecule has 0 amide bonds. The van der Waals surface area contributed by atoms with Crippen LogP contribution in [0.2, 0.25) is 0 Å². The number of hydrogen-bond donors (Lipinski definition) is 2. The van der Waals surface area contributed by atoms with Crippen molar-refractivity contribution in [3.63, 3.8) is 0 Å². The Morgan fingerprint density at radius 1 is 1.13 bits per heavy atom. The molecule has 1 atom stereocenters. The minimum absolute atomic E-state index is 0.558. The largest absolute Gasteiger partial charge is 0.478 e. The minimum Gasteiger partial charge on any atom is -0.478 e. The molecule has 1 fully saturated rings. The van der Waals surface area contributed by atoms with Crippen LogP contribution in [0.25, 0.3) is 0 Å². The molecule has 2 rings (SSSR count). The van der Waals surface area contributed by atoms with Gasteiger partial charge in [0.1, 0.15) is 0 Å². The van der Waals surface area contributed by atoms with Crippen molar-refractivity contribution in [2.45, 2.75) is 57.4 Å². The molecule has 6 heteroatoms. The number of likely N-dealkylation sites (tertiary alicyclic amines) is 1. The quantitative estimate of drug-likeness (QED) is 0.379. The van der Waals surface area contributed by atoms with E-state index in [1.165, 1.54) is 37.8 Å². The molecule has 1 aliphatic heterocycles. The van der Waals surface area contributed by atoms with Gasteiger partial charge in [-0.3, -0.25) is 9.88 Å². The van der Waals surface area contributed by atoms with Gasteiger partial charge in [0, 0.05) is 43.4 Å². The summed E-state index contributed by atoms with van der Waals surface area (Å²) in [6, 6.07) is 4.79. The lowest BCUT2D eigenvalue weighted by molar-refractivity contribution is -0.134. The highest BCUT2D eigenvalue weighted by Crippen LogP contribution is 2.29. The molecule has 30 heavy (non-hydrogen) atoms. The topological polar surface area (TPSA) is 90.7 Å². The van der Waals surface area contributed by atoms with E-state index in [1.807, 2.05) is 18.5 Å². The van der Waals surface area contributed by atoms with E-state index in [-0.39, 0.29) is 0 Å². The zero-order valence-corrected chi connectivity index (χ0v) is 17.7. The second kappa shape index (κ2) is 18.0. The molecule has 0 aliphatic carbocycles. The van der Waals surface area contributed by atoms with Crippen molar-refractivity contribution < 1.29 is 19.8 Å². The Morgan fingerprint density at radius 3 is 2.07 bits per heavy atom. The fraction of sp³-hybridized carbons (Fsp3) is 0.458. The van der Waals surface area contributed by atoms with Gasteiger partial charge >= 0.3 is 11.9 Å². The third-order valence-electron chi connectivity index (χ3n) is 4.35. The first-order valence-corrected chi connectivity index (χ1v) is 10.0. The average molecular weight is 413 g/mol. The van der Waals surface area contributed by atoms with E-state index in [0.29, 0.717) is 18.2 Å². The first-order chi connectivity index (χ1) is 14.4. The zero-order valence-electron chi connectivity index (χ0n) is 17.7. The van der Waals surface area contributed by atoms with Gasteiger partial charge in [0.05, 0.1) is 0 Å². The lowest BCUT2D eigenvalue weighted by atomic mass is 10.1. The molecular formula is C24H32N2O4. The van der Waals surface area contributed by atoms with E-state index >= 15 is 0 Å². The van der Waals surface area contributed by atoms with E-state index in [4.69, 9.17) is 23.1 Å². The number of carboxylic acids is 2. The standard InChI is InChI=1S/C10H14N2.C10H14.C4H4O4/c1-12-7-3-5-10(12)9-4-2-6-11-8-9;1-3-5-7-9-10-8-6-4-2;5-3(6)1-2-4(7)8/h2,4,6,8,10H,3,5,7H2,1H3;1-2H,5-10H2;1-2H,(H,5,6)(H,7,8)/b;;2-1+. The van der Waals surface area contributed by atoms with Crippen molar-refractivity contribution in [3.05, 3.63) is 42.2 Å². The van der Waals surface area contributed by atoms with E-state index in [1.54, 1.807) is 0 Å². The molecule has 0 bridgehead atoms. The fourth-order valence-electron chi connectivity index (χ4n) is 2.85. The van der Waals surface area contributed by atoms with Gasteiger partial charge in [0.2, 0.25) is 0 Å². The maximum Gasteiger partial charge on any atom is 0.328 e. The van der Waals surface area contributed by atoms with Crippen LogP contribution in [-0.2, 0) is 9.59 Å².